The number of hydrogen-bond acceptors (Lipinski definition) is 1. The minimum Gasteiger partial charge on any atom is -0.309 e. The molecule has 0 saturated carbocycles. The van der Waals surface area contributed by atoms with E-state index in [9.17, 15) is 84.3 Å². The van der Waals surface area contributed by atoms with Gasteiger partial charge in [-0.1, -0.05) is 72.8 Å². The molecular weight excluding hydrogens is 1120 g/mol. The number of alkyl halides is 18. The number of rotatable bonds is 6. The molecule has 11 rings (SSSR count). The summed E-state index contributed by atoms with van der Waals surface area (Å²) in [7, 11) is 0. The van der Waals surface area contributed by atoms with Gasteiger partial charge in [-0.15, -0.1) is 0 Å². The third kappa shape index (κ3) is 9.58. The molecule has 0 bridgehead atoms. The molecule has 0 amide bonds. The molecule has 82 heavy (non-hydrogen) atoms. The quantitative estimate of drug-likeness (QED) is 0.153. The van der Waals surface area contributed by atoms with Crippen molar-refractivity contribution >= 4 is 43.6 Å². The summed E-state index contributed by atoms with van der Waals surface area (Å²) in [5.41, 5.74) is -10.8. The van der Waals surface area contributed by atoms with Crippen LogP contribution in [-0.4, -0.2) is 9.13 Å². The fraction of sp³-hybridized carbons (Fsp3) is 0.0984. The third-order valence-corrected chi connectivity index (χ3v) is 14.1. The summed E-state index contributed by atoms with van der Waals surface area (Å²) >= 11 is 0. The van der Waals surface area contributed by atoms with Gasteiger partial charge in [0.05, 0.1) is 78.5 Å². The van der Waals surface area contributed by atoms with Crippen LogP contribution < -0.4 is 0 Å². The lowest BCUT2D eigenvalue weighted by molar-refractivity contribution is -0.144. The van der Waals surface area contributed by atoms with Crippen LogP contribution in [0.1, 0.15) is 38.9 Å². The predicted molar refractivity (Wildman–Crippen MR) is 272 cm³/mol. The molecule has 0 fully saturated rings. The summed E-state index contributed by atoms with van der Waals surface area (Å²) < 4.78 is 260. The molecule has 0 atom stereocenters. The van der Waals surface area contributed by atoms with E-state index in [-0.39, 0.29) is 84.8 Å². The fourth-order valence-corrected chi connectivity index (χ4v) is 10.6. The smallest absolute Gasteiger partial charge is 0.309 e. The molecule has 2 aromatic heterocycles. The Hall–Kier alpha value is -9.19. The topological polar surface area (TPSA) is 33.6 Å². The number of fused-ring (bicyclic) bond motifs is 6. The van der Waals surface area contributed by atoms with Crippen LogP contribution in [0.15, 0.2) is 176 Å². The van der Waals surface area contributed by atoms with E-state index in [1.165, 1.54) is 72.8 Å². The van der Waals surface area contributed by atoms with E-state index < -0.39 is 87.1 Å². The summed E-state index contributed by atoms with van der Waals surface area (Å²) in [6, 6.07) is 34.0. The van der Waals surface area contributed by atoms with Crippen LogP contribution in [0, 0.1) is 11.3 Å². The van der Waals surface area contributed by atoms with E-state index in [1.54, 1.807) is 57.7 Å². The molecule has 11 aromatic rings. The molecule has 0 aliphatic rings. The first kappa shape index (κ1) is 54.8. The summed E-state index contributed by atoms with van der Waals surface area (Å²) in [4.78, 5) is 0. The molecule has 3 nitrogen and oxygen atoms in total. The first-order valence-corrected chi connectivity index (χ1v) is 24.0. The van der Waals surface area contributed by atoms with E-state index in [4.69, 9.17) is 0 Å². The molecule has 0 aliphatic heterocycles. The van der Waals surface area contributed by atoms with E-state index in [0.29, 0.717) is 58.2 Å². The molecule has 21 heteroatoms. The Morgan fingerprint density at radius 3 is 0.976 bits per heavy atom. The molecule has 0 N–H and O–H groups in total. The number of aromatic nitrogens is 2. The third-order valence-electron chi connectivity index (χ3n) is 14.1. The second kappa shape index (κ2) is 19.0. The number of nitrogens with zero attached hydrogens (tertiary/aromatic N) is 3. The largest absolute Gasteiger partial charge is 0.417 e. The fourth-order valence-electron chi connectivity index (χ4n) is 10.6. The normalized spacial score (nSPS) is 13.0. The van der Waals surface area contributed by atoms with Gasteiger partial charge in [-0.2, -0.15) is 84.3 Å². The van der Waals surface area contributed by atoms with Gasteiger partial charge in [0.15, 0.2) is 0 Å². The van der Waals surface area contributed by atoms with E-state index in [1.807, 2.05) is 6.07 Å². The Bertz CT molecular complexity index is 4440. The van der Waals surface area contributed by atoms with Crippen LogP contribution in [-0.2, 0) is 37.1 Å². The highest BCUT2D eigenvalue weighted by molar-refractivity contribution is 6.13. The maximum absolute atomic E-state index is 15.0. The Balaban J connectivity index is 1.21. The predicted octanol–water partition coefficient (Wildman–Crippen LogP) is 20.5. The van der Waals surface area contributed by atoms with E-state index in [2.05, 4.69) is 0 Å². The van der Waals surface area contributed by atoms with Gasteiger partial charge in [0, 0.05) is 32.7 Å². The van der Waals surface area contributed by atoms with Gasteiger partial charge >= 0.3 is 37.1 Å². The molecule has 0 aliphatic carbocycles. The van der Waals surface area contributed by atoms with Gasteiger partial charge in [0.25, 0.3) is 0 Å². The summed E-state index contributed by atoms with van der Waals surface area (Å²) in [6.07, 6.45) is -31.4. The lowest BCUT2D eigenvalue weighted by atomic mass is 9.91. The van der Waals surface area contributed by atoms with Gasteiger partial charge in [-0.05, 0) is 137 Å². The highest BCUT2D eigenvalue weighted by atomic mass is 19.4. The van der Waals surface area contributed by atoms with Crippen LogP contribution in [0.5, 0.6) is 0 Å². The van der Waals surface area contributed by atoms with Crippen LogP contribution in [0.25, 0.3) is 99.5 Å². The zero-order chi connectivity index (χ0) is 58.8. The zero-order valence-electron chi connectivity index (χ0n) is 40.9. The molecule has 9 aromatic carbocycles. The van der Waals surface area contributed by atoms with Crippen LogP contribution in [0.2, 0.25) is 0 Å². The van der Waals surface area contributed by atoms with Gasteiger partial charge in [0.1, 0.15) is 0 Å². The van der Waals surface area contributed by atoms with Crippen molar-refractivity contribution in [3.8, 4) is 62.0 Å². The highest BCUT2D eigenvalue weighted by Crippen LogP contribution is 2.49. The van der Waals surface area contributed by atoms with Crippen molar-refractivity contribution < 1.29 is 79.0 Å². The Kier molecular flexibility index (Phi) is 12.7. The van der Waals surface area contributed by atoms with Crippen molar-refractivity contribution in [1.29, 1.82) is 5.26 Å². The standard InChI is InChI=1S/C61H29F18N3/c62-56(63,64)35-13-16-38(47(27-35)59(71,72)73)32-10-20-53-44(24-32)41-5-1-3-7-50(41)81(53)52-19-9-31(30-80)23-43(52)46-26-34(40-18-15-37(58(68,69)70)29-49(40)61(77,78)79)12-22-55(46)82-51-8-4-2-6-42(51)45-25-33(11-21-54(45)82)39-17-14-36(57(65,66)67)28-48(39)60(74,75)76/h1-29H. The summed E-state index contributed by atoms with van der Waals surface area (Å²) in [6.45, 7) is 0. The summed E-state index contributed by atoms with van der Waals surface area (Å²) in [5, 5.41) is 11.6. The van der Waals surface area contributed by atoms with E-state index in [0.717, 1.165) is 0 Å². The van der Waals surface area contributed by atoms with Crippen molar-refractivity contribution in [2.75, 3.05) is 0 Å². The number of halogens is 18. The Labute approximate surface area is 449 Å². The van der Waals surface area contributed by atoms with Gasteiger partial charge in [-0.3, -0.25) is 0 Å². The molecular formula is C61H29F18N3. The number of para-hydroxylation sites is 2. The molecule has 2 heterocycles. The first-order chi connectivity index (χ1) is 38.4. The Morgan fingerprint density at radius 2 is 0.610 bits per heavy atom. The molecule has 0 unspecified atom stereocenters. The van der Waals surface area contributed by atoms with Crippen molar-refractivity contribution in [3.05, 3.63) is 215 Å². The molecule has 0 spiro atoms. The van der Waals surface area contributed by atoms with Crippen molar-refractivity contribution in [2.24, 2.45) is 0 Å². The maximum atomic E-state index is 15.0. The van der Waals surface area contributed by atoms with Crippen molar-refractivity contribution in [2.45, 2.75) is 37.1 Å². The number of nitriles is 1. The van der Waals surface area contributed by atoms with Gasteiger partial charge < -0.3 is 9.13 Å². The number of benzene rings is 9. The molecule has 0 saturated heterocycles. The Morgan fingerprint density at radius 1 is 0.280 bits per heavy atom. The first-order valence-electron chi connectivity index (χ1n) is 24.0. The van der Waals surface area contributed by atoms with Crippen LogP contribution in [0.3, 0.4) is 0 Å². The lowest BCUT2D eigenvalue weighted by Gasteiger charge is -2.21. The van der Waals surface area contributed by atoms with Gasteiger partial charge in [0.2, 0.25) is 0 Å². The average Bonchev–Trinajstić information content (AvgIpc) is 2.12. The average molecular weight is 1150 g/mol. The van der Waals surface area contributed by atoms with Crippen LogP contribution >= 0.6 is 0 Å². The lowest BCUT2D eigenvalue weighted by Crippen LogP contribution is -2.12. The minimum atomic E-state index is -5.38. The zero-order valence-corrected chi connectivity index (χ0v) is 40.9. The highest BCUT2D eigenvalue weighted by Gasteiger charge is 2.42. The van der Waals surface area contributed by atoms with Crippen molar-refractivity contribution in [3.63, 3.8) is 0 Å². The second-order valence-corrected chi connectivity index (χ2v) is 19.0. The molecule has 0 radical (unpaired) electrons. The second-order valence-electron chi connectivity index (χ2n) is 19.0. The summed E-state index contributed by atoms with van der Waals surface area (Å²) in [5.74, 6) is 0. The van der Waals surface area contributed by atoms with E-state index >= 15 is 0 Å². The SMILES string of the molecule is N#Cc1ccc(-n2c3ccccc3c3cc(-c4ccc(C(F)(F)F)cc4C(F)(F)F)ccc32)c(-c2cc(-c3ccc(C(F)(F)F)cc3C(F)(F)F)ccc2-n2c3ccccc3c3cc(-c4ccc(C(F)(F)F)cc4C(F)(F)F)ccc32)c1. The van der Waals surface area contributed by atoms with Gasteiger partial charge in [-0.25, -0.2) is 0 Å². The monoisotopic (exact) mass is 1150 g/mol. The molecule has 414 valence electrons. The van der Waals surface area contributed by atoms with Crippen LogP contribution in [0.4, 0.5) is 79.0 Å². The minimum absolute atomic E-state index is 0.00104. The van der Waals surface area contributed by atoms with Crippen molar-refractivity contribution in [1.82, 2.24) is 9.13 Å². The maximum Gasteiger partial charge on any atom is 0.417 e. The number of hydrogen-bond donors (Lipinski definition) is 0.